The summed E-state index contributed by atoms with van der Waals surface area (Å²) in [4.78, 5) is 16.2. The van der Waals surface area contributed by atoms with Gasteiger partial charge in [0.2, 0.25) is 5.91 Å². The molecular weight excluding hydrogens is 305 g/mol. The van der Waals surface area contributed by atoms with E-state index in [2.05, 4.69) is 15.6 Å². The topological polar surface area (TPSA) is 54.0 Å². The Morgan fingerprint density at radius 2 is 1.79 bits per heavy atom. The first-order valence-corrected chi connectivity index (χ1v) is 7.51. The van der Waals surface area contributed by atoms with Crippen LogP contribution in [0.25, 0.3) is 0 Å². The van der Waals surface area contributed by atoms with Crippen LogP contribution in [0.1, 0.15) is 5.56 Å². The maximum absolute atomic E-state index is 13.1. The number of aromatic nitrogens is 1. The number of nitrogens with zero attached hydrogens (tertiary/aromatic N) is 1. The van der Waals surface area contributed by atoms with Crippen LogP contribution >= 0.6 is 0 Å². The van der Waals surface area contributed by atoms with Gasteiger partial charge >= 0.3 is 0 Å². The van der Waals surface area contributed by atoms with Crippen molar-refractivity contribution in [1.82, 2.24) is 4.98 Å². The maximum Gasteiger partial charge on any atom is 0.228 e. The standard InChI is InChI=1S/C19H16FN3O/c20-15-7-4-8-16(12-15)22-18-10-9-17(13-21-18)23-19(24)11-14-5-2-1-3-6-14/h1-10,12-13H,11H2,(H,21,22)(H,23,24). The molecule has 3 aromatic rings. The molecule has 1 heterocycles. The third kappa shape index (κ3) is 4.39. The van der Waals surface area contributed by atoms with Gasteiger partial charge < -0.3 is 10.6 Å². The van der Waals surface area contributed by atoms with Crippen molar-refractivity contribution in [3.05, 3.63) is 84.3 Å². The highest BCUT2D eigenvalue weighted by atomic mass is 19.1. The summed E-state index contributed by atoms with van der Waals surface area (Å²) in [6.07, 6.45) is 1.87. The lowest BCUT2D eigenvalue weighted by atomic mass is 10.1. The molecule has 1 amide bonds. The van der Waals surface area contributed by atoms with Gasteiger partial charge in [0.15, 0.2) is 0 Å². The fraction of sp³-hybridized carbons (Fsp3) is 0.0526. The fourth-order valence-electron chi connectivity index (χ4n) is 2.24. The largest absolute Gasteiger partial charge is 0.340 e. The van der Waals surface area contributed by atoms with Gasteiger partial charge in [-0.2, -0.15) is 0 Å². The highest BCUT2D eigenvalue weighted by Gasteiger charge is 2.04. The molecule has 0 saturated heterocycles. The van der Waals surface area contributed by atoms with E-state index in [1.54, 1.807) is 30.5 Å². The Balaban J connectivity index is 1.59. The molecule has 0 aliphatic carbocycles. The van der Waals surface area contributed by atoms with E-state index in [0.717, 1.165) is 5.56 Å². The molecule has 0 aliphatic heterocycles. The van der Waals surface area contributed by atoms with Crippen LogP contribution in [0.3, 0.4) is 0 Å². The molecule has 1 aromatic heterocycles. The second-order valence-electron chi connectivity index (χ2n) is 5.28. The van der Waals surface area contributed by atoms with Gasteiger partial charge in [0.25, 0.3) is 0 Å². The zero-order valence-electron chi connectivity index (χ0n) is 12.9. The quantitative estimate of drug-likeness (QED) is 0.742. The monoisotopic (exact) mass is 321 g/mol. The predicted molar refractivity (Wildman–Crippen MR) is 92.7 cm³/mol. The van der Waals surface area contributed by atoms with Crippen LogP contribution in [0.4, 0.5) is 21.6 Å². The van der Waals surface area contributed by atoms with Crippen molar-refractivity contribution < 1.29 is 9.18 Å². The van der Waals surface area contributed by atoms with E-state index in [-0.39, 0.29) is 11.7 Å². The van der Waals surface area contributed by atoms with Crippen molar-refractivity contribution in [3.63, 3.8) is 0 Å². The number of carbonyl (C=O) groups is 1. The molecule has 0 bridgehead atoms. The second-order valence-corrected chi connectivity index (χ2v) is 5.28. The number of anilines is 3. The number of benzene rings is 2. The highest BCUT2D eigenvalue weighted by molar-refractivity contribution is 5.92. The zero-order chi connectivity index (χ0) is 16.8. The van der Waals surface area contributed by atoms with Crippen LogP contribution in [-0.2, 0) is 11.2 Å². The van der Waals surface area contributed by atoms with Crippen LogP contribution in [0.5, 0.6) is 0 Å². The lowest BCUT2D eigenvalue weighted by molar-refractivity contribution is -0.115. The molecule has 2 aromatic carbocycles. The molecule has 24 heavy (non-hydrogen) atoms. The Labute approximate surface area is 139 Å². The summed E-state index contributed by atoms with van der Waals surface area (Å²) in [5.41, 5.74) is 2.18. The third-order valence-electron chi connectivity index (χ3n) is 3.35. The number of amides is 1. The average molecular weight is 321 g/mol. The SMILES string of the molecule is O=C(Cc1ccccc1)Nc1ccc(Nc2cccc(F)c2)nc1. The summed E-state index contributed by atoms with van der Waals surface area (Å²) in [5, 5.41) is 5.80. The van der Waals surface area contributed by atoms with Gasteiger partial charge in [0.1, 0.15) is 11.6 Å². The molecule has 0 atom stereocenters. The molecule has 3 rings (SSSR count). The summed E-state index contributed by atoms with van der Waals surface area (Å²) in [6.45, 7) is 0. The summed E-state index contributed by atoms with van der Waals surface area (Å²) in [5.74, 6) is 0.153. The van der Waals surface area contributed by atoms with Gasteiger partial charge in [-0.3, -0.25) is 4.79 Å². The van der Waals surface area contributed by atoms with Gasteiger partial charge in [0.05, 0.1) is 18.3 Å². The first kappa shape index (κ1) is 15.7. The molecule has 0 saturated carbocycles. The summed E-state index contributed by atoms with van der Waals surface area (Å²) < 4.78 is 13.1. The number of carbonyl (C=O) groups excluding carboxylic acids is 1. The van der Waals surface area contributed by atoms with E-state index in [4.69, 9.17) is 0 Å². The number of pyridine rings is 1. The van der Waals surface area contributed by atoms with Crippen molar-refractivity contribution in [2.45, 2.75) is 6.42 Å². The predicted octanol–water partition coefficient (Wildman–Crippen LogP) is 4.15. The molecule has 120 valence electrons. The van der Waals surface area contributed by atoms with Crippen molar-refractivity contribution in [3.8, 4) is 0 Å². The van der Waals surface area contributed by atoms with Gasteiger partial charge in [-0.05, 0) is 35.9 Å². The molecule has 4 nitrogen and oxygen atoms in total. The van der Waals surface area contributed by atoms with E-state index in [9.17, 15) is 9.18 Å². The van der Waals surface area contributed by atoms with Gasteiger partial charge in [-0.1, -0.05) is 36.4 Å². The smallest absolute Gasteiger partial charge is 0.228 e. The average Bonchev–Trinajstić information content (AvgIpc) is 2.57. The molecule has 0 spiro atoms. The van der Waals surface area contributed by atoms with Gasteiger partial charge in [-0.15, -0.1) is 0 Å². The molecule has 5 heteroatoms. The lowest BCUT2D eigenvalue weighted by Gasteiger charge is -2.08. The Bertz CT molecular complexity index is 820. The number of rotatable bonds is 5. The molecular formula is C19H16FN3O. The van der Waals surface area contributed by atoms with Crippen molar-refractivity contribution in [1.29, 1.82) is 0 Å². The van der Waals surface area contributed by atoms with Crippen molar-refractivity contribution in [2.75, 3.05) is 10.6 Å². The Hall–Kier alpha value is -3.21. The first-order valence-electron chi connectivity index (χ1n) is 7.51. The maximum atomic E-state index is 13.1. The summed E-state index contributed by atoms with van der Waals surface area (Å²) in [6, 6.07) is 19.1. The Morgan fingerprint density at radius 3 is 2.50 bits per heavy atom. The number of hydrogen-bond acceptors (Lipinski definition) is 3. The molecule has 0 radical (unpaired) electrons. The zero-order valence-corrected chi connectivity index (χ0v) is 12.9. The van der Waals surface area contributed by atoms with Gasteiger partial charge in [-0.25, -0.2) is 9.37 Å². The molecule has 0 unspecified atom stereocenters. The minimum Gasteiger partial charge on any atom is -0.340 e. The Morgan fingerprint density at radius 1 is 0.958 bits per heavy atom. The highest BCUT2D eigenvalue weighted by Crippen LogP contribution is 2.17. The van der Waals surface area contributed by atoms with E-state index in [1.165, 1.54) is 12.1 Å². The van der Waals surface area contributed by atoms with Crippen LogP contribution in [0.2, 0.25) is 0 Å². The minimum absolute atomic E-state index is 0.103. The van der Waals surface area contributed by atoms with Crippen LogP contribution in [0, 0.1) is 5.82 Å². The van der Waals surface area contributed by atoms with Crippen LogP contribution in [0.15, 0.2) is 72.9 Å². The number of nitrogens with one attached hydrogen (secondary N) is 2. The van der Waals surface area contributed by atoms with E-state index >= 15 is 0 Å². The van der Waals surface area contributed by atoms with Crippen LogP contribution in [-0.4, -0.2) is 10.9 Å². The number of hydrogen-bond donors (Lipinski definition) is 2. The summed E-state index contributed by atoms with van der Waals surface area (Å²) >= 11 is 0. The normalized spacial score (nSPS) is 10.2. The minimum atomic E-state index is -0.315. The first-order chi connectivity index (χ1) is 11.7. The number of halogens is 1. The van der Waals surface area contributed by atoms with Gasteiger partial charge in [0, 0.05) is 5.69 Å². The molecule has 0 fully saturated rings. The van der Waals surface area contributed by atoms with Crippen molar-refractivity contribution in [2.24, 2.45) is 0 Å². The fourth-order valence-corrected chi connectivity index (χ4v) is 2.24. The molecule has 0 aliphatic rings. The Kier molecular flexibility index (Phi) is 4.81. The second kappa shape index (κ2) is 7.37. The lowest BCUT2D eigenvalue weighted by Crippen LogP contribution is -2.14. The van der Waals surface area contributed by atoms with E-state index in [1.807, 2.05) is 30.3 Å². The van der Waals surface area contributed by atoms with E-state index in [0.29, 0.717) is 23.6 Å². The van der Waals surface area contributed by atoms with E-state index < -0.39 is 0 Å². The van der Waals surface area contributed by atoms with Crippen molar-refractivity contribution >= 4 is 23.1 Å². The summed E-state index contributed by atoms with van der Waals surface area (Å²) in [7, 11) is 0. The third-order valence-corrected chi connectivity index (χ3v) is 3.35. The van der Waals surface area contributed by atoms with Crippen LogP contribution < -0.4 is 10.6 Å². The molecule has 2 N–H and O–H groups in total.